The van der Waals surface area contributed by atoms with Gasteiger partial charge in [-0.1, -0.05) is 12.1 Å². The fourth-order valence-electron chi connectivity index (χ4n) is 1.50. The van der Waals surface area contributed by atoms with Gasteiger partial charge in [0.05, 0.1) is 11.9 Å². The summed E-state index contributed by atoms with van der Waals surface area (Å²) in [6.45, 7) is 0.798. The van der Waals surface area contributed by atoms with Gasteiger partial charge in [-0.05, 0) is 19.2 Å². The molecule has 17 heavy (non-hydrogen) atoms. The lowest BCUT2D eigenvalue weighted by molar-refractivity contribution is 0.477. The van der Waals surface area contributed by atoms with Crippen molar-refractivity contribution in [3.05, 3.63) is 36.3 Å². The van der Waals surface area contributed by atoms with E-state index in [-0.39, 0.29) is 5.75 Å². The fourth-order valence-corrected chi connectivity index (χ4v) is 1.50. The van der Waals surface area contributed by atoms with Gasteiger partial charge in [0.2, 0.25) is 0 Å². The summed E-state index contributed by atoms with van der Waals surface area (Å²) < 4.78 is 0. The predicted octanol–water partition coefficient (Wildman–Crippen LogP) is 1.01. The van der Waals surface area contributed by atoms with Crippen LogP contribution in [0.2, 0.25) is 0 Å². The van der Waals surface area contributed by atoms with Crippen LogP contribution in [0, 0.1) is 0 Å². The van der Waals surface area contributed by atoms with Gasteiger partial charge in [-0.2, -0.15) is 5.10 Å². The van der Waals surface area contributed by atoms with Crippen LogP contribution in [-0.2, 0) is 6.42 Å². The number of hydrogen-bond acceptors (Lipinski definition) is 5. The molecule has 1 aromatic carbocycles. The van der Waals surface area contributed by atoms with Crippen molar-refractivity contribution in [1.29, 1.82) is 0 Å². The molecule has 0 fully saturated rings. The Morgan fingerprint density at radius 3 is 2.88 bits per heavy atom. The summed E-state index contributed by atoms with van der Waals surface area (Å²) in [4.78, 5) is 4.37. The Bertz CT molecular complexity index is 501. The van der Waals surface area contributed by atoms with Crippen molar-refractivity contribution in [2.75, 3.05) is 13.6 Å². The summed E-state index contributed by atoms with van der Waals surface area (Å²) in [6.07, 6.45) is 2.27. The SMILES string of the molecule is CNCCc1nncc(-c2ccccc2O)n1. The second-order valence-electron chi connectivity index (χ2n) is 3.63. The van der Waals surface area contributed by atoms with Gasteiger partial charge in [-0.3, -0.25) is 0 Å². The second-order valence-corrected chi connectivity index (χ2v) is 3.63. The molecular weight excluding hydrogens is 216 g/mol. The van der Waals surface area contributed by atoms with Gasteiger partial charge >= 0.3 is 0 Å². The summed E-state index contributed by atoms with van der Waals surface area (Å²) >= 11 is 0. The molecule has 2 rings (SSSR count). The molecule has 2 aromatic rings. The smallest absolute Gasteiger partial charge is 0.152 e. The van der Waals surface area contributed by atoms with E-state index in [0.717, 1.165) is 6.54 Å². The monoisotopic (exact) mass is 230 g/mol. The van der Waals surface area contributed by atoms with E-state index in [1.165, 1.54) is 0 Å². The Hall–Kier alpha value is -2.01. The molecule has 1 aromatic heterocycles. The predicted molar refractivity (Wildman–Crippen MR) is 64.6 cm³/mol. The van der Waals surface area contributed by atoms with Gasteiger partial charge in [-0.25, -0.2) is 4.98 Å². The van der Waals surface area contributed by atoms with Crippen LogP contribution in [0.25, 0.3) is 11.3 Å². The molecule has 0 bridgehead atoms. The molecule has 0 radical (unpaired) electrons. The molecule has 5 nitrogen and oxygen atoms in total. The number of likely N-dealkylation sites (N-methyl/N-ethyl adjacent to an activating group) is 1. The van der Waals surface area contributed by atoms with E-state index in [1.54, 1.807) is 24.4 Å². The highest BCUT2D eigenvalue weighted by atomic mass is 16.3. The Kier molecular flexibility index (Phi) is 3.62. The summed E-state index contributed by atoms with van der Waals surface area (Å²) in [7, 11) is 1.88. The molecule has 0 aliphatic heterocycles. The maximum Gasteiger partial charge on any atom is 0.152 e. The second kappa shape index (κ2) is 5.36. The lowest BCUT2D eigenvalue weighted by Gasteiger charge is -2.04. The van der Waals surface area contributed by atoms with E-state index in [2.05, 4.69) is 20.5 Å². The lowest BCUT2D eigenvalue weighted by atomic mass is 10.1. The van der Waals surface area contributed by atoms with E-state index >= 15 is 0 Å². The van der Waals surface area contributed by atoms with Gasteiger partial charge < -0.3 is 10.4 Å². The molecule has 0 aliphatic carbocycles. The van der Waals surface area contributed by atoms with Crippen LogP contribution in [0.4, 0.5) is 0 Å². The van der Waals surface area contributed by atoms with Crippen molar-refractivity contribution < 1.29 is 5.11 Å². The summed E-state index contributed by atoms with van der Waals surface area (Å²) in [5.74, 6) is 0.868. The van der Waals surface area contributed by atoms with E-state index in [1.807, 2.05) is 13.1 Å². The molecule has 0 aliphatic rings. The normalized spacial score (nSPS) is 10.4. The van der Waals surface area contributed by atoms with Gasteiger partial charge in [0.15, 0.2) is 5.82 Å². The average molecular weight is 230 g/mol. The fraction of sp³-hybridized carbons (Fsp3) is 0.250. The third kappa shape index (κ3) is 2.76. The van der Waals surface area contributed by atoms with Crippen LogP contribution >= 0.6 is 0 Å². The Morgan fingerprint density at radius 2 is 2.12 bits per heavy atom. The number of aromatic hydroxyl groups is 1. The first kappa shape index (κ1) is 11.5. The number of hydrogen-bond donors (Lipinski definition) is 2. The molecular formula is C12H14N4O. The van der Waals surface area contributed by atoms with Crippen LogP contribution < -0.4 is 5.32 Å². The molecule has 88 valence electrons. The van der Waals surface area contributed by atoms with Crippen molar-refractivity contribution in [2.24, 2.45) is 0 Å². The number of phenols is 1. The molecule has 0 amide bonds. The molecule has 0 unspecified atom stereocenters. The third-order valence-corrected chi connectivity index (χ3v) is 2.38. The van der Waals surface area contributed by atoms with Gasteiger partial charge in [0.1, 0.15) is 5.75 Å². The summed E-state index contributed by atoms with van der Waals surface area (Å²) in [5, 5.41) is 20.6. The first-order valence-corrected chi connectivity index (χ1v) is 5.43. The van der Waals surface area contributed by atoms with Gasteiger partial charge in [-0.15, -0.1) is 5.10 Å². The number of nitrogens with zero attached hydrogens (tertiary/aromatic N) is 3. The van der Waals surface area contributed by atoms with Crippen molar-refractivity contribution >= 4 is 0 Å². The van der Waals surface area contributed by atoms with E-state index in [4.69, 9.17) is 0 Å². The van der Waals surface area contributed by atoms with E-state index < -0.39 is 0 Å². The van der Waals surface area contributed by atoms with Crippen LogP contribution in [0.1, 0.15) is 5.82 Å². The molecule has 5 heteroatoms. The van der Waals surface area contributed by atoms with Crippen molar-refractivity contribution in [3.8, 4) is 17.0 Å². The van der Waals surface area contributed by atoms with E-state index in [9.17, 15) is 5.11 Å². The standard InChI is InChI=1S/C12H14N4O/c1-13-7-6-12-15-10(8-14-16-12)9-4-2-3-5-11(9)17/h2-5,8,13,17H,6-7H2,1H3. The summed E-state index contributed by atoms with van der Waals surface area (Å²) in [6, 6.07) is 7.06. The maximum absolute atomic E-state index is 9.73. The Morgan fingerprint density at radius 1 is 1.29 bits per heavy atom. The number of benzene rings is 1. The minimum absolute atomic E-state index is 0.201. The first-order valence-electron chi connectivity index (χ1n) is 5.43. The number of nitrogens with one attached hydrogen (secondary N) is 1. The molecule has 1 heterocycles. The van der Waals surface area contributed by atoms with Crippen molar-refractivity contribution in [2.45, 2.75) is 6.42 Å². The zero-order valence-corrected chi connectivity index (χ0v) is 9.59. The zero-order valence-electron chi connectivity index (χ0n) is 9.59. The zero-order chi connectivity index (χ0) is 12.1. The van der Waals surface area contributed by atoms with Crippen LogP contribution in [0.15, 0.2) is 30.5 Å². The third-order valence-electron chi connectivity index (χ3n) is 2.38. The topological polar surface area (TPSA) is 70.9 Å². The number of para-hydroxylation sites is 1. The van der Waals surface area contributed by atoms with Gasteiger partial charge in [0, 0.05) is 18.5 Å². The number of phenolic OH excluding ortho intramolecular Hbond substituents is 1. The Labute approximate surface area is 99.6 Å². The molecule has 2 N–H and O–H groups in total. The van der Waals surface area contributed by atoms with E-state index in [0.29, 0.717) is 23.5 Å². The highest BCUT2D eigenvalue weighted by Crippen LogP contribution is 2.25. The largest absolute Gasteiger partial charge is 0.507 e. The van der Waals surface area contributed by atoms with Crippen LogP contribution in [0.3, 0.4) is 0 Å². The maximum atomic E-state index is 9.73. The summed E-state index contributed by atoms with van der Waals surface area (Å²) in [5.41, 5.74) is 1.32. The highest BCUT2D eigenvalue weighted by molar-refractivity contribution is 5.65. The molecule has 0 spiro atoms. The lowest BCUT2D eigenvalue weighted by Crippen LogP contribution is -2.13. The first-order chi connectivity index (χ1) is 8.31. The number of aromatic nitrogens is 3. The van der Waals surface area contributed by atoms with Crippen molar-refractivity contribution in [3.63, 3.8) is 0 Å². The van der Waals surface area contributed by atoms with Crippen LogP contribution in [-0.4, -0.2) is 33.9 Å². The average Bonchev–Trinajstić information content (AvgIpc) is 2.37. The van der Waals surface area contributed by atoms with Crippen LogP contribution in [0.5, 0.6) is 5.75 Å². The minimum Gasteiger partial charge on any atom is -0.507 e. The number of rotatable bonds is 4. The molecule has 0 atom stereocenters. The molecule has 0 saturated heterocycles. The van der Waals surface area contributed by atoms with Crippen molar-refractivity contribution in [1.82, 2.24) is 20.5 Å². The van der Waals surface area contributed by atoms with Gasteiger partial charge in [0.25, 0.3) is 0 Å². The quantitative estimate of drug-likeness (QED) is 0.820. The minimum atomic E-state index is 0.201. The Balaban J connectivity index is 2.30. The molecule has 0 saturated carbocycles. The highest BCUT2D eigenvalue weighted by Gasteiger charge is 2.06.